The fraction of sp³-hybridized carbons (Fsp3) is 0.714. The van der Waals surface area contributed by atoms with Crippen molar-refractivity contribution in [2.45, 2.75) is 45.4 Å². The zero-order valence-electron chi connectivity index (χ0n) is 12.5. The molecule has 0 aliphatic heterocycles. The number of hydrogen-bond donors (Lipinski definition) is 1. The quantitative estimate of drug-likeness (QED) is 0.815. The van der Waals surface area contributed by atoms with E-state index in [0.29, 0.717) is 22.9 Å². The molecule has 5 heteroatoms. The smallest absolute Gasteiger partial charge is 0.255 e. The second-order valence-corrected chi connectivity index (χ2v) is 6.15. The van der Waals surface area contributed by atoms with Crippen LogP contribution in [0.5, 0.6) is 0 Å². The lowest BCUT2D eigenvalue weighted by molar-refractivity contribution is 0.0951. The summed E-state index contributed by atoms with van der Waals surface area (Å²) in [4.78, 5) is 12.5. The van der Waals surface area contributed by atoms with E-state index < -0.39 is 0 Å². The molecule has 1 aromatic heterocycles. The van der Waals surface area contributed by atoms with Crippen LogP contribution in [0.15, 0.2) is 0 Å². The van der Waals surface area contributed by atoms with Gasteiger partial charge in [-0.2, -0.15) is 5.10 Å². The third-order valence-corrected chi connectivity index (χ3v) is 4.83. The number of rotatable bonds is 6. The number of carbonyl (C=O) groups excluding carboxylic acids is 1. The first-order valence-corrected chi connectivity index (χ1v) is 7.76. The Morgan fingerprint density at radius 2 is 1.95 bits per heavy atom. The molecule has 0 bridgehead atoms. The third kappa shape index (κ3) is 3.81. The number of nitrogens with one attached hydrogen (secondary N) is 1. The van der Waals surface area contributed by atoms with E-state index in [1.54, 1.807) is 4.68 Å². The maximum atomic E-state index is 12.2. The van der Waals surface area contributed by atoms with Crippen molar-refractivity contribution >= 4 is 21.8 Å². The van der Waals surface area contributed by atoms with Crippen LogP contribution in [0, 0.1) is 19.8 Å². The number of aryl methyl sites for hydroxylation is 2. The normalized spacial score (nSPS) is 12.8. The first-order valence-electron chi connectivity index (χ1n) is 6.84. The van der Waals surface area contributed by atoms with Crippen LogP contribution in [0.4, 0.5) is 0 Å². The van der Waals surface area contributed by atoms with Crippen molar-refractivity contribution in [2.24, 2.45) is 13.0 Å². The molecule has 0 radical (unpaired) electrons. The molecular weight excluding hydrogens is 306 g/mol. The number of carbonyl (C=O) groups is 1. The lowest BCUT2D eigenvalue weighted by Crippen LogP contribution is -2.33. The Morgan fingerprint density at radius 1 is 1.37 bits per heavy atom. The molecule has 1 rings (SSSR count). The molecule has 4 nitrogen and oxygen atoms in total. The molecule has 0 aliphatic rings. The van der Waals surface area contributed by atoms with Crippen LogP contribution < -0.4 is 5.32 Å². The van der Waals surface area contributed by atoms with Gasteiger partial charge in [0.2, 0.25) is 0 Å². The fourth-order valence-electron chi connectivity index (χ4n) is 2.35. The van der Waals surface area contributed by atoms with E-state index in [1.165, 1.54) is 0 Å². The van der Waals surface area contributed by atoms with Crippen LogP contribution >= 0.6 is 15.9 Å². The molecule has 108 valence electrons. The van der Waals surface area contributed by atoms with Crippen molar-refractivity contribution in [2.75, 3.05) is 6.54 Å². The summed E-state index contributed by atoms with van der Waals surface area (Å²) in [5.41, 5.74) is 2.39. The van der Waals surface area contributed by atoms with Gasteiger partial charge in [-0.3, -0.25) is 9.48 Å². The van der Waals surface area contributed by atoms with Gasteiger partial charge in [0.25, 0.3) is 5.91 Å². The maximum Gasteiger partial charge on any atom is 0.255 e. The molecule has 0 saturated carbocycles. The van der Waals surface area contributed by atoms with Crippen molar-refractivity contribution < 1.29 is 4.79 Å². The predicted molar refractivity (Wildman–Crippen MR) is 81.8 cm³/mol. The molecule has 0 saturated heterocycles. The molecule has 0 spiro atoms. The molecule has 0 fully saturated rings. The molecule has 19 heavy (non-hydrogen) atoms. The number of alkyl halides is 1. The first kappa shape index (κ1) is 16.2. The van der Waals surface area contributed by atoms with Crippen molar-refractivity contribution in [1.82, 2.24) is 15.1 Å². The SMILES string of the molecule is CCC(CC)C(Br)CNC(=O)c1c(C)nn(C)c1C. The predicted octanol–water partition coefficient (Wildman–Crippen LogP) is 2.97. The van der Waals surface area contributed by atoms with Gasteiger partial charge in [0.05, 0.1) is 11.3 Å². The minimum atomic E-state index is -0.0292. The van der Waals surface area contributed by atoms with Gasteiger partial charge in [0.1, 0.15) is 0 Å². The average molecular weight is 330 g/mol. The van der Waals surface area contributed by atoms with E-state index >= 15 is 0 Å². The van der Waals surface area contributed by atoms with Gasteiger partial charge >= 0.3 is 0 Å². The highest BCUT2D eigenvalue weighted by molar-refractivity contribution is 9.09. The first-order chi connectivity index (χ1) is 8.92. The molecule has 1 amide bonds. The monoisotopic (exact) mass is 329 g/mol. The molecule has 0 aromatic carbocycles. The molecule has 0 aliphatic carbocycles. The summed E-state index contributed by atoms with van der Waals surface area (Å²) in [6.07, 6.45) is 2.24. The lowest BCUT2D eigenvalue weighted by Gasteiger charge is -2.19. The van der Waals surface area contributed by atoms with Crippen molar-refractivity contribution in [1.29, 1.82) is 0 Å². The van der Waals surface area contributed by atoms with Gasteiger partial charge in [0.15, 0.2) is 0 Å². The van der Waals surface area contributed by atoms with Crippen LogP contribution in [-0.4, -0.2) is 27.1 Å². The van der Waals surface area contributed by atoms with Gasteiger partial charge in [-0.15, -0.1) is 0 Å². The minimum Gasteiger partial charge on any atom is -0.351 e. The number of hydrogen-bond acceptors (Lipinski definition) is 2. The molecule has 1 N–H and O–H groups in total. The fourth-order valence-corrected chi connectivity index (χ4v) is 3.26. The van der Waals surface area contributed by atoms with Gasteiger partial charge in [-0.25, -0.2) is 0 Å². The Kier molecular flexibility index (Phi) is 6.04. The van der Waals surface area contributed by atoms with Gasteiger partial charge in [0, 0.05) is 24.1 Å². The van der Waals surface area contributed by atoms with E-state index in [1.807, 2.05) is 20.9 Å². The Morgan fingerprint density at radius 3 is 2.37 bits per heavy atom. The Hall–Kier alpha value is -0.840. The summed E-state index contributed by atoms with van der Waals surface area (Å²) in [6, 6.07) is 0. The highest BCUT2D eigenvalue weighted by atomic mass is 79.9. The van der Waals surface area contributed by atoms with E-state index in [9.17, 15) is 4.79 Å². The van der Waals surface area contributed by atoms with Crippen LogP contribution in [0.3, 0.4) is 0 Å². The topological polar surface area (TPSA) is 46.9 Å². The summed E-state index contributed by atoms with van der Waals surface area (Å²) in [7, 11) is 1.86. The minimum absolute atomic E-state index is 0.0292. The summed E-state index contributed by atoms with van der Waals surface area (Å²) >= 11 is 3.67. The zero-order chi connectivity index (χ0) is 14.6. The van der Waals surface area contributed by atoms with Gasteiger partial charge in [-0.05, 0) is 19.8 Å². The molecular formula is C14H24BrN3O. The molecule has 1 aromatic rings. The third-order valence-electron chi connectivity index (χ3n) is 3.75. The highest BCUT2D eigenvalue weighted by Gasteiger charge is 2.20. The van der Waals surface area contributed by atoms with Crippen molar-refractivity contribution in [3.8, 4) is 0 Å². The second-order valence-electron chi connectivity index (χ2n) is 4.97. The molecule has 1 heterocycles. The van der Waals surface area contributed by atoms with Gasteiger partial charge in [-0.1, -0.05) is 42.6 Å². The van der Waals surface area contributed by atoms with Crippen molar-refractivity contribution in [3.05, 3.63) is 17.0 Å². The zero-order valence-corrected chi connectivity index (χ0v) is 14.0. The van der Waals surface area contributed by atoms with E-state index in [-0.39, 0.29) is 5.91 Å². The van der Waals surface area contributed by atoms with E-state index in [2.05, 4.69) is 40.2 Å². The summed E-state index contributed by atoms with van der Waals surface area (Å²) in [6.45, 7) is 8.80. The summed E-state index contributed by atoms with van der Waals surface area (Å²) < 4.78 is 1.75. The van der Waals surface area contributed by atoms with Crippen LogP contribution in [-0.2, 0) is 7.05 Å². The van der Waals surface area contributed by atoms with Crippen molar-refractivity contribution in [3.63, 3.8) is 0 Å². The summed E-state index contributed by atoms with van der Waals surface area (Å²) in [5.74, 6) is 0.565. The van der Waals surface area contributed by atoms with Crippen LogP contribution in [0.1, 0.15) is 48.4 Å². The average Bonchev–Trinajstić information content (AvgIpc) is 2.62. The van der Waals surface area contributed by atoms with Crippen LogP contribution in [0.2, 0.25) is 0 Å². The number of nitrogens with zero attached hydrogens (tertiary/aromatic N) is 2. The molecule has 1 atom stereocenters. The standard InChI is InChI=1S/C14H24BrN3O/c1-6-11(7-2)12(15)8-16-14(19)13-9(3)17-18(5)10(13)4/h11-12H,6-8H2,1-5H3,(H,16,19). The largest absolute Gasteiger partial charge is 0.351 e. The highest BCUT2D eigenvalue weighted by Crippen LogP contribution is 2.20. The second kappa shape index (κ2) is 7.08. The molecule has 1 unspecified atom stereocenters. The number of aromatic nitrogens is 2. The Balaban J connectivity index is 2.66. The van der Waals surface area contributed by atoms with E-state index in [4.69, 9.17) is 0 Å². The Labute approximate surface area is 124 Å². The van der Waals surface area contributed by atoms with Crippen LogP contribution in [0.25, 0.3) is 0 Å². The van der Waals surface area contributed by atoms with E-state index in [0.717, 1.165) is 24.2 Å². The number of amides is 1. The number of halogens is 1. The lowest BCUT2D eigenvalue weighted by atomic mass is 9.99. The maximum absolute atomic E-state index is 12.2. The summed E-state index contributed by atoms with van der Waals surface area (Å²) in [5, 5.41) is 7.27. The Bertz CT molecular complexity index is 438. The van der Waals surface area contributed by atoms with Gasteiger partial charge < -0.3 is 5.32 Å².